The summed E-state index contributed by atoms with van der Waals surface area (Å²) in [6.45, 7) is 0. The number of non-ortho nitro benzene ring substituents is 1. The molecular formula is C9H6BrF3N2O2S. The first kappa shape index (κ1) is 14.8. The molecule has 9 heteroatoms. The summed E-state index contributed by atoms with van der Waals surface area (Å²) in [5, 5.41) is 10.5. The first-order valence-corrected chi connectivity index (χ1v) is 5.65. The van der Waals surface area contributed by atoms with Crippen molar-refractivity contribution < 1.29 is 18.1 Å². The van der Waals surface area contributed by atoms with Gasteiger partial charge in [0, 0.05) is 23.0 Å². The summed E-state index contributed by atoms with van der Waals surface area (Å²) in [6.07, 6.45) is -5.00. The second kappa shape index (κ2) is 5.19. The molecule has 0 saturated carbocycles. The Labute approximate surface area is 113 Å². The normalized spacial score (nSPS) is 11.3. The monoisotopic (exact) mass is 342 g/mol. The van der Waals surface area contributed by atoms with E-state index in [2.05, 4.69) is 28.1 Å². The molecule has 98 valence electrons. The molecule has 0 heterocycles. The van der Waals surface area contributed by atoms with Crippen molar-refractivity contribution in [2.24, 2.45) is 5.73 Å². The number of rotatable bonds is 3. The fraction of sp³-hybridized carbons (Fsp3) is 0.222. The van der Waals surface area contributed by atoms with Gasteiger partial charge in [0.1, 0.15) is 0 Å². The van der Waals surface area contributed by atoms with Gasteiger partial charge in [-0.05, 0) is 5.56 Å². The summed E-state index contributed by atoms with van der Waals surface area (Å²) in [5.74, 6) is 0. The zero-order chi connectivity index (χ0) is 14.1. The van der Waals surface area contributed by atoms with Crippen LogP contribution in [0.2, 0.25) is 0 Å². The Morgan fingerprint density at radius 3 is 2.44 bits per heavy atom. The summed E-state index contributed by atoms with van der Waals surface area (Å²) in [6, 6.07) is 1.46. The van der Waals surface area contributed by atoms with Gasteiger partial charge in [0.25, 0.3) is 5.69 Å². The van der Waals surface area contributed by atoms with E-state index in [1.807, 2.05) is 0 Å². The van der Waals surface area contributed by atoms with Gasteiger partial charge in [-0.3, -0.25) is 10.1 Å². The Kier molecular flexibility index (Phi) is 4.28. The number of hydrogen-bond acceptors (Lipinski definition) is 3. The Morgan fingerprint density at radius 2 is 2.06 bits per heavy atom. The molecule has 0 saturated heterocycles. The van der Waals surface area contributed by atoms with Gasteiger partial charge in [0.15, 0.2) is 0 Å². The van der Waals surface area contributed by atoms with E-state index in [-0.39, 0.29) is 21.4 Å². The lowest BCUT2D eigenvalue weighted by Crippen LogP contribution is -2.17. The maximum atomic E-state index is 12.8. The molecule has 0 radical (unpaired) electrons. The van der Waals surface area contributed by atoms with E-state index in [1.165, 1.54) is 0 Å². The Bertz CT molecular complexity index is 519. The van der Waals surface area contributed by atoms with Gasteiger partial charge in [0.05, 0.1) is 15.5 Å². The predicted octanol–water partition coefficient (Wildman–Crippen LogP) is 3.20. The summed E-state index contributed by atoms with van der Waals surface area (Å²) in [5.41, 5.74) is 3.24. The van der Waals surface area contributed by atoms with Crippen molar-refractivity contribution in [3.8, 4) is 0 Å². The fourth-order valence-corrected chi connectivity index (χ4v) is 2.07. The molecule has 0 amide bonds. The molecule has 4 nitrogen and oxygen atoms in total. The molecule has 0 aromatic heterocycles. The second-order valence-corrected chi connectivity index (χ2v) is 4.73. The highest BCUT2D eigenvalue weighted by molar-refractivity contribution is 9.10. The van der Waals surface area contributed by atoms with Crippen LogP contribution in [-0.4, -0.2) is 9.91 Å². The Hall–Kier alpha value is -1.22. The van der Waals surface area contributed by atoms with E-state index in [0.29, 0.717) is 6.07 Å². The summed E-state index contributed by atoms with van der Waals surface area (Å²) >= 11 is 7.43. The van der Waals surface area contributed by atoms with Crippen molar-refractivity contribution in [1.29, 1.82) is 0 Å². The van der Waals surface area contributed by atoms with Gasteiger partial charge in [-0.2, -0.15) is 13.2 Å². The standard InChI is InChI=1S/C9H6BrF3N2O2S/c10-7-2-4(15(16)17)1-6(9(11,12)13)5(7)3-8(14)18/h1-2H,3H2,(H2,14,18). The van der Waals surface area contributed by atoms with Gasteiger partial charge in [-0.1, -0.05) is 28.1 Å². The van der Waals surface area contributed by atoms with Crippen LogP contribution in [0, 0.1) is 10.1 Å². The van der Waals surface area contributed by atoms with Gasteiger partial charge < -0.3 is 5.73 Å². The molecule has 18 heavy (non-hydrogen) atoms. The van der Waals surface area contributed by atoms with E-state index < -0.39 is 22.4 Å². The summed E-state index contributed by atoms with van der Waals surface area (Å²) in [4.78, 5) is 9.50. The molecule has 2 N–H and O–H groups in total. The van der Waals surface area contributed by atoms with Gasteiger partial charge in [0.2, 0.25) is 0 Å². The number of nitro benzene ring substituents is 1. The van der Waals surface area contributed by atoms with Crippen LogP contribution in [0.25, 0.3) is 0 Å². The van der Waals surface area contributed by atoms with Crippen LogP contribution in [0.15, 0.2) is 16.6 Å². The average molecular weight is 343 g/mol. The molecule has 1 aromatic rings. The lowest BCUT2D eigenvalue weighted by molar-refractivity contribution is -0.385. The summed E-state index contributed by atoms with van der Waals surface area (Å²) in [7, 11) is 0. The number of nitrogens with zero attached hydrogens (tertiary/aromatic N) is 1. The zero-order valence-corrected chi connectivity index (χ0v) is 11.0. The maximum absolute atomic E-state index is 12.8. The molecule has 0 spiro atoms. The van der Waals surface area contributed by atoms with E-state index in [1.54, 1.807) is 0 Å². The minimum absolute atomic E-state index is 0.0446. The highest BCUT2D eigenvalue weighted by Crippen LogP contribution is 2.38. The van der Waals surface area contributed by atoms with Crippen LogP contribution in [-0.2, 0) is 12.6 Å². The molecule has 0 unspecified atom stereocenters. The fourth-order valence-electron chi connectivity index (χ4n) is 1.33. The van der Waals surface area contributed by atoms with Crippen molar-refractivity contribution in [2.45, 2.75) is 12.6 Å². The lowest BCUT2D eigenvalue weighted by Gasteiger charge is -2.14. The highest BCUT2D eigenvalue weighted by atomic mass is 79.9. The minimum atomic E-state index is -4.71. The summed E-state index contributed by atoms with van der Waals surface area (Å²) < 4.78 is 38.3. The third-order valence-electron chi connectivity index (χ3n) is 2.05. The van der Waals surface area contributed by atoms with Crippen LogP contribution in [0.3, 0.4) is 0 Å². The van der Waals surface area contributed by atoms with Crippen LogP contribution in [0.5, 0.6) is 0 Å². The number of hydrogen-bond donors (Lipinski definition) is 1. The number of thiocarbonyl (C=S) groups is 1. The van der Waals surface area contributed by atoms with E-state index in [0.717, 1.165) is 6.07 Å². The van der Waals surface area contributed by atoms with Crippen LogP contribution in [0.1, 0.15) is 11.1 Å². The first-order valence-electron chi connectivity index (χ1n) is 4.45. The van der Waals surface area contributed by atoms with E-state index >= 15 is 0 Å². The van der Waals surface area contributed by atoms with Crippen molar-refractivity contribution >= 4 is 38.8 Å². The average Bonchev–Trinajstić information content (AvgIpc) is 2.17. The molecular weight excluding hydrogens is 337 g/mol. The number of alkyl halides is 3. The van der Waals surface area contributed by atoms with E-state index in [9.17, 15) is 23.3 Å². The van der Waals surface area contributed by atoms with Crippen LogP contribution < -0.4 is 5.73 Å². The SMILES string of the molecule is NC(=S)Cc1c(Br)cc([N+](=O)[O-])cc1C(F)(F)F. The second-order valence-electron chi connectivity index (χ2n) is 3.35. The maximum Gasteiger partial charge on any atom is 0.416 e. The Morgan fingerprint density at radius 1 is 1.50 bits per heavy atom. The van der Waals surface area contributed by atoms with Crippen molar-refractivity contribution in [2.75, 3.05) is 0 Å². The number of benzene rings is 1. The molecule has 1 rings (SSSR count). The van der Waals surface area contributed by atoms with Crippen molar-refractivity contribution in [3.05, 3.63) is 37.8 Å². The number of nitrogens with two attached hydrogens (primary N) is 1. The largest absolute Gasteiger partial charge is 0.416 e. The Balaban J connectivity index is 3.49. The molecule has 0 aliphatic heterocycles. The third-order valence-corrected chi connectivity index (χ3v) is 2.90. The zero-order valence-electron chi connectivity index (χ0n) is 8.62. The smallest absolute Gasteiger partial charge is 0.393 e. The quantitative estimate of drug-likeness (QED) is 0.520. The molecule has 0 bridgehead atoms. The molecule has 0 aliphatic carbocycles. The van der Waals surface area contributed by atoms with Gasteiger partial charge in [-0.15, -0.1) is 0 Å². The van der Waals surface area contributed by atoms with Gasteiger partial charge in [-0.25, -0.2) is 0 Å². The number of halogens is 4. The van der Waals surface area contributed by atoms with Crippen molar-refractivity contribution in [1.82, 2.24) is 0 Å². The number of nitro groups is 1. The molecule has 0 fully saturated rings. The highest BCUT2D eigenvalue weighted by Gasteiger charge is 2.36. The van der Waals surface area contributed by atoms with E-state index in [4.69, 9.17) is 5.73 Å². The topological polar surface area (TPSA) is 69.2 Å². The molecule has 0 atom stereocenters. The third kappa shape index (κ3) is 3.39. The molecule has 0 aliphatic rings. The van der Waals surface area contributed by atoms with Crippen molar-refractivity contribution in [3.63, 3.8) is 0 Å². The minimum Gasteiger partial charge on any atom is -0.393 e. The predicted molar refractivity (Wildman–Crippen MR) is 66.3 cm³/mol. The lowest BCUT2D eigenvalue weighted by atomic mass is 10.0. The molecule has 1 aromatic carbocycles. The van der Waals surface area contributed by atoms with Crippen LogP contribution in [0.4, 0.5) is 18.9 Å². The van der Waals surface area contributed by atoms with Crippen LogP contribution >= 0.6 is 28.1 Å². The first-order chi connectivity index (χ1) is 8.12. The van der Waals surface area contributed by atoms with Gasteiger partial charge >= 0.3 is 6.18 Å².